The number of carbonyl (C=O) groups excluding carboxylic acids is 1. The number of benzene rings is 4. The minimum atomic E-state index is -0.607. The van der Waals surface area contributed by atoms with E-state index in [9.17, 15) is 13.6 Å². The van der Waals surface area contributed by atoms with E-state index in [1.165, 1.54) is 30.5 Å². The largest absolute Gasteiger partial charge is 0.356 e. The number of aromatic nitrogens is 1. The second-order valence-electron chi connectivity index (χ2n) is 12.2. The molecule has 0 bridgehead atoms. The Bertz CT molecular complexity index is 1660. The van der Waals surface area contributed by atoms with Gasteiger partial charge in [0.05, 0.1) is 5.69 Å². The van der Waals surface area contributed by atoms with Gasteiger partial charge in [0.15, 0.2) is 11.5 Å². The van der Waals surface area contributed by atoms with E-state index in [0.29, 0.717) is 28.9 Å². The summed E-state index contributed by atoms with van der Waals surface area (Å²) >= 11 is 0. The number of Topliss-reactive ketones (excluding diaryl/α,β-unsaturated/α-hetero) is 1. The molecule has 1 heterocycles. The van der Waals surface area contributed by atoms with Crippen molar-refractivity contribution in [3.63, 3.8) is 0 Å². The number of hydrogen-bond acceptors (Lipinski definition) is 3. The van der Waals surface area contributed by atoms with E-state index >= 15 is 0 Å². The summed E-state index contributed by atoms with van der Waals surface area (Å²) < 4.78 is 33.4. The normalized spacial score (nSPS) is 11.9. The van der Waals surface area contributed by atoms with E-state index < -0.39 is 11.6 Å². The maximum absolute atomic E-state index is 14.3. The van der Waals surface area contributed by atoms with Crippen LogP contribution in [0.1, 0.15) is 93.0 Å². The minimum Gasteiger partial charge on any atom is -0.356 e. The predicted molar refractivity (Wildman–Crippen MR) is 175 cm³/mol. The third-order valence-electron chi connectivity index (χ3n) is 7.78. The summed E-state index contributed by atoms with van der Waals surface area (Å²) in [5.74, 6) is -0.641. The molecule has 0 radical (unpaired) electrons. The zero-order valence-corrected chi connectivity index (χ0v) is 26.5. The van der Waals surface area contributed by atoms with E-state index in [4.69, 9.17) is 4.52 Å². The van der Waals surface area contributed by atoms with Crippen LogP contribution in [0.3, 0.4) is 0 Å². The first-order valence-electron chi connectivity index (χ1n) is 15.2. The van der Waals surface area contributed by atoms with Crippen LogP contribution in [0.25, 0.3) is 22.5 Å². The van der Waals surface area contributed by atoms with E-state index in [2.05, 4.69) is 64.0 Å². The van der Waals surface area contributed by atoms with Crippen LogP contribution in [-0.4, -0.2) is 10.9 Å². The average Bonchev–Trinajstić information content (AvgIpc) is 3.50. The van der Waals surface area contributed by atoms with Gasteiger partial charge in [-0.1, -0.05) is 125 Å². The zero-order chi connectivity index (χ0) is 31.9. The van der Waals surface area contributed by atoms with Crippen molar-refractivity contribution in [2.24, 2.45) is 0 Å². The molecule has 228 valence electrons. The lowest BCUT2D eigenvalue weighted by Gasteiger charge is -2.21. The van der Waals surface area contributed by atoms with Gasteiger partial charge in [0.25, 0.3) is 0 Å². The highest BCUT2D eigenvalue weighted by molar-refractivity contribution is 5.94. The molecule has 3 nitrogen and oxygen atoms in total. The topological polar surface area (TPSA) is 43.1 Å². The van der Waals surface area contributed by atoms with Crippen molar-refractivity contribution >= 4 is 5.78 Å². The van der Waals surface area contributed by atoms with Gasteiger partial charge in [0.1, 0.15) is 11.6 Å². The number of rotatable bonds is 8. The number of halogens is 2. The molecule has 1 unspecified atom stereocenters. The maximum atomic E-state index is 14.3. The standard InChI is InChI=1S/C35H31F2NO2.C4H10/c1-22(39)24-7-5-23(6-8-24)19-31(26-13-15-28(16-14-26)35(2,3)4)33-21-34(40-38-33)27-11-9-25(10-12-27)30-18-17-29(36)20-32(30)37;1-3-4-2/h5-18,20-21,31H,19H2,1-4H3;3-4H2,1-2H3. The van der Waals surface area contributed by atoms with Gasteiger partial charge in [0, 0.05) is 34.7 Å². The molecule has 0 aliphatic heterocycles. The lowest BCUT2D eigenvalue weighted by Crippen LogP contribution is -2.12. The Balaban J connectivity index is 0.00000104. The maximum Gasteiger partial charge on any atom is 0.167 e. The first kappa shape index (κ1) is 32.5. The van der Waals surface area contributed by atoms with Crippen LogP contribution in [0.4, 0.5) is 8.78 Å². The van der Waals surface area contributed by atoms with Gasteiger partial charge in [0.2, 0.25) is 0 Å². The molecule has 1 aromatic heterocycles. The number of hydrogen-bond donors (Lipinski definition) is 0. The van der Waals surface area contributed by atoms with Gasteiger partial charge in [-0.15, -0.1) is 0 Å². The minimum absolute atomic E-state index is 0.0372. The Kier molecular flexibility index (Phi) is 10.6. The smallest absolute Gasteiger partial charge is 0.167 e. The summed E-state index contributed by atoms with van der Waals surface area (Å²) in [7, 11) is 0. The van der Waals surface area contributed by atoms with Crippen molar-refractivity contribution in [3.05, 3.63) is 137 Å². The second kappa shape index (κ2) is 14.4. The molecule has 0 aliphatic rings. The van der Waals surface area contributed by atoms with Crippen LogP contribution >= 0.6 is 0 Å². The molecule has 44 heavy (non-hydrogen) atoms. The molecular formula is C39H41F2NO2. The summed E-state index contributed by atoms with van der Waals surface area (Å²) in [5.41, 5.74) is 6.76. The highest BCUT2D eigenvalue weighted by atomic mass is 19.1. The highest BCUT2D eigenvalue weighted by Gasteiger charge is 2.22. The first-order chi connectivity index (χ1) is 21.0. The van der Waals surface area contributed by atoms with E-state index in [1.54, 1.807) is 19.1 Å². The molecule has 0 N–H and O–H groups in total. The van der Waals surface area contributed by atoms with E-state index in [0.717, 1.165) is 28.5 Å². The van der Waals surface area contributed by atoms with Crippen molar-refractivity contribution in [2.45, 2.75) is 72.1 Å². The Labute approximate surface area is 260 Å². The summed E-state index contributed by atoms with van der Waals surface area (Å²) in [4.78, 5) is 11.7. The van der Waals surface area contributed by atoms with Gasteiger partial charge >= 0.3 is 0 Å². The molecule has 0 aliphatic carbocycles. The van der Waals surface area contributed by atoms with Crippen molar-refractivity contribution < 1.29 is 18.1 Å². The Morgan fingerprint density at radius 1 is 0.795 bits per heavy atom. The van der Waals surface area contributed by atoms with Crippen LogP contribution < -0.4 is 0 Å². The quantitative estimate of drug-likeness (QED) is 0.168. The van der Waals surface area contributed by atoms with E-state index in [-0.39, 0.29) is 17.1 Å². The Morgan fingerprint density at radius 2 is 1.41 bits per heavy atom. The molecule has 5 heteroatoms. The fourth-order valence-corrected chi connectivity index (χ4v) is 4.85. The van der Waals surface area contributed by atoms with Crippen LogP contribution in [0.15, 0.2) is 102 Å². The third kappa shape index (κ3) is 8.16. The number of unbranched alkanes of at least 4 members (excludes halogenated alkanes) is 1. The molecule has 5 rings (SSSR count). The molecule has 0 fully saturated rings. The monoisotopic (exact) mass is 593 g/mol. The van der Waals surface area contributed by atoms with Crippen molar-refractivity contribution in [1.29, 1.82) is 0 Å². The van der Waals surface area contributed by atoms with Gasteiger partial charge < -0.3 is 4.52 Å². The summed E-state index contributed by atoms with van der Waals surface area (Å²) in [6, 6.07) is 29.1. The molecule has 5 aromatic rings. The van der Waals surface area contributed by atoms with Gasteiger partial charge in [-0.25, -0.2) is 8.78 Å². The van der Waals surface area contributed by atoms with Gasteiger partial charge in [-0.2, -0.15) is 0 Å². The summed E-state index contributed by atoms with van der Waals surface area (Å²) in [6.45, 7) is 12.5. The molecular weight excluding hydrogens is 552 g/mol. The lowest BCUT2D eigenvalue weighted by molar-refractivity contribution is 0.101. The summed E-state index contributed by atoms with van der Waals surface area (Å²) in [5, 5.41) is 4.46. The van der Waals surface area contributed by atoms with Crippen molar-refractivity contribution in [1.82, 2.24) is 5.16 Å². The molecule has 0 saturated heterocycles. The Hall–Kier alpha value is -4.38. The van der Waals surface area contributed by atoms with E-state index in [1.807, 2.05) is 42.5 Å². The first-order valence-corrected chi connectivity index (χ1v) is 15.2. The van der Waals surface area contributed by atoms with Crippen LogP contribution in [0, 0.1) is 11.6 Å². The lowest BCUT2D eigenvalue weighted by atomic mass is 9.83. The number of nitrogens with zero attached hydrogens (tertiary/aromatic N) is 1. The predicted octanol–water partition coefficient (Wildman–Crippen LogP) is 11.0. The fraction of sp³-hybridized carbons (Fsp3) is 0.282. The van der Waals surface area contributed by atoms with Gasteiger partial charge in [-0.3, -0.25) is 4.79 Å². The van der Waals surface area contributed by atoms with Gasteiger partial charge in [-0.05, 0) is 53.1 Å². The van der Waals surface area contributed by atoms with Crippen LogP contribution in [0.5, 0.6) is 0 Å². The highest BCUT2D eigenvalue weighted by Crippen LogP contribution is 2.34. The third-order valence-corrected chi connectivity index (χ3v) is 7.78. The zero-order valence-electron chi connectivity index (χ0n) is 26.5. The summed E-state index contributed by atoms with van der Waals surface area (Å²) in [6.07, 6.45) is 3.32. The van der Waals surface area contributed by atoms with Crippen LogP contribution in [0.2, 0.25) is 0 Å². The fourth-order valence-electron chi connectivity index (χ4n) is 4.85. The average molecular weight is 594 g/mol. The molecule has 0 amide bonds. The second-order valence-corrected chi connectivity index (χ2v) is 12.2. The van der Waals surface area contributed by atoms with Crippen LogP contribution in [-0.2, 0) is 11.8 Å². The molecule has 4 aromatic carbocycles. The molecule has 1 atom stereocenters. The van der Waals surface area contributed by atoms with Crippen molar-refractivity contribution in [2.75, 3.05) is 0 Å². The Morgan fingerprint density at radius 3 is 1.95 bits per heavy atom. The van der Waals surface area contributed by atoms with Crippen molar-refractivity contribution in [3.8, 4) is 22.5 Å². The number of ketones is 1. The SMILES string of the molecule is CC(=O)c1ccc(CC(c2ccc(C(C)(C)C)cc2)c2cc(-c3ccc(-c4ccc(F)cc4F)cc3)on2)cc1.CCCC. The molecule has 0 saturated carbocycles. The number of carbonyl (C=O) groups is 1. The molecule has 0 spiro atoms.